The quantitative estimate of drug-likeness (QED) is 0.705. The molecule has 0 aliphatic heterocycles. The van der Waals surface area contributed by atoms with Crippen molar-refractivity contribution in [1.82, 2.24) is 9.78 Å². The molecule has 0 saturated heterocycles. The lowest BCUT2D eigenvalue weighted by molar-refractivity contribution is 0.628. The molecule has 0 bridgehead atoms. The molecule has 3 nitrogen and oxygen atoms in total. The Hall–Kier alpha value is -1.49. The monoisotopic (exact) mass is 209 g/mol. The van der Waals surface area contributed by atoms with Gasteiger partial charge >= 0.3 is 0 Å². The second-order valence-corrected chi connectivity index (χ2v) is 3.54. The van der Waals surface area contributed by atoms with E-state index in [-0.39, 0.29) is 5.82 Å². The number of aryl methyl sites for hydroxylation is 1. The highest BCUT2D eigenvalue weighted by Gasteiger charge is 1.93. The number of benzene rings is 1. The van der Waals surface area contributed by atoms with E-state index in [1.54, 1.807) is 22.3 Å². The molecule has 0 atom stereocenters. The average Bonchev–Trinajstić information content (AvgIpc) is 2.56. The highest BCUT2D eigenvalue weighted by atomic mass is 32.1. The van der Waals surface area contributed by atoms with Crippen LogP contribution < -0.4 is 4.80 Å². The summed E-state index contributed by atoms with van der Waals surface area (Å²) in [6.45, 7) is 0. The van der Waals surface area contributed by atoms with Gasteiger partial charge in [0.25, 0.3) is 0 Å². The van der Waals surface area contributed by atoms with E-state index in [1.807, 2.05) is 7.05 Å². The van der Waals surface area contributed by atoms with E-state index >= 15 is 0 Å². The van der Waals surface area contributed by atoms with Gasteiger partial charge in [-0.3, -0.25) is 0 Å². The van der Waals surface area contributed by atoms with Crippen LogP contribution in [0.3, 0.4) is 0 Å². The topological polar surface area (TPSA) is 30.2 Å². The lowest BCUT2D eigenvalue weighted by atomic mass is 10.3. The molecule has 0 fully saturated rings. The molecule has 0 saturated carbocycles. The van der Waals surface area contributed by atoms with Gasteiger partial charge in [-0.15, -0.1) is 0 Å². The van der Waals surface area contributed by atoms with Gasteiger partial charge in [-0.25, -0.2) is 14.1 Å². The maximum absolute atomic E-state index is 12.6. The second-order valence-electron chi connectivity index (χ2n) is 2.73. The van der Waals surface area contributed by atoms with Crippen molar-refractivity contribution >= 4 is 17.0 Å². The molecule has 1 heterocycles. The minimum Gasteiger partial charge on any atom is -0.241 e. The Morgan fingerprint density at radius 1 is 1.36 bits per heavy atom. The predicted octanol–water partition coefficient (Wildman–Crippen LogP) is 1.85. The molecule has 1 aromatic carbocycles. The maximum atomic E-state index is 12.6. The van der Waals surface area contributed by atoms with Gasteiger partial charge in [-0.05, 0) is 24.3 Å². The Labute approximate surface area is 84.2 Å². The van der Waals surface area contributed by atoms with Crippen molar-refractivity contribution in [3.63, 3.8) is 0 Å². The van der Waals surface area contributed by atoms with Gasteiger partial charge in [0.2, 0.25) is 4.80 Å². The third-order valence-electron chi connectivity index (χ3n) is 1.71. The predicted molar refractivity (Wildman–Crippen MR) is 52.7 cm³/mol. The summed E-state index contributed by atoms with van der Waals surface area (Å²) in [5.74, 6) is -0.252. The van der Waals surface area contributed by atoms with Crippen molar-refractivity contribution in [2.75, 3.05) is 0 Å². The second kappa shape index (κ2) is 3.71. The van der Waals surface area contributed by atoms with E-state index in [4.69, 9.17) is 0 Å². The van der Waals surface area contributed by atoms with Crippen LogP contribution in [0.25, 0.3) is 0 Å². The smallest absolute Gasteiger partial charge is 0.207 e. The molecule has 5 heteroatoms. The zero-order valence-corrected chi connectivity index (χ0v) is 8.33. The van der Waals surface area contributed by atoms with Crippen LogP contribution in [0.5, 0.6) is 0 Å². The van der Waals surface area contributed by atoms with Gasteiger partial charge < -0.3 is 0 Å². The first-order chi connectivity index (χ1) is 6.75. The normalized spacial score (nSPS) is 12.0. The lowest BCUT2D eigenvalue weighted by Crippen LogP contribution is -2.10. The molecule has 0 aliphatic rings. The van der Waals surface area contributed by atoms with Crippen LogP contribution in [-0.4, -0.2) is 9.78 Å². The number of nitrogens with zero attached hydrogens (tertiary/aromatic N) is 3. The molecular formula is C9H8FN3S. The summed E-state index contributed by atoms with van der Waals surface area (Å²) in [4.78, 5) is 5.08. The molecule has 1 aromatic heterocycles. The molecule has 2 rings (SSSR count). The third-order valence-corrected chi connectivity index (χ3v) is 2.47. The minimum atomic E-state index is -0.252. The SMILES string of the molecule is Cn1ncsc1=Nc1ccc(F)cc1. The van der Waals surface area contributed by atoms with Crippen LogP contribution in [-0.2, 0) is 7.05 Å². The lowest BCUT2D eigenvalue weighted by Gasteiger charge is -1.92. The van der Waals surface area contributed by atoms with Gasteiger partial charge in [-0.1, -0.05) is 11.3 Å². The zero-order valence-electron chi connectivity index (χ0n) is 7.51. The van der Waals surface area contributed by atoms with Crippen LogP contribution in [0.2, 0.25) is 0 Å². The summed E-state index contributed by atoms with van der Waals surface area (Å²) in [6, 6.07) is 6.05. The summed E-state index contributed by atoms with van der Waals surface area (Å²) in [7, 11) is 1.82. The number of hydrogen-bond donors (Lipinski definition) is 0. The number of aromatic nitrogens is 2. The fourth-order valence-corrected chi connectivity index (χ4v) is 1.63. The molecule has 0 unspecified atom stereocenters. The number of hydrogen-bond acceptors (Lipinski definition) is 3. The summed E-state index contributed by atoms with van der Waals surface area (Å²) in [5.41, 5.74) is 2.44. The maximum Gasteiger partial charge on any atom is 0.207 e. The Morgan fingerprint density at radius 2 is 2.07 bits per heavy atom. The molecule has 0 amide bonds. The first-order valence-corrected chi connectivity index (χ1v) is 4.91. The van der Waals surface area contributed by atoms with Crippen LogP contribution in [0.15, 0.2) is 34.8 Å². The fraction of sp³-hybridized carbons (Fsp3) is 0.111. The van der Waals surface area contributed by atoms with E-state index in [0.717, 1.165) is 10.5 Å². The van der Waals surface area contributed by atoms with Crippen LogP contribution in [0.1, 0.15) is 0 Å². The summed E-state index contributed by atoms with van der Waals surface area (Å²) in [5, 5.41) is 4.00. The molecule has 0 spiro atoms. The number of halogens is 1. The van der Waals surface area contributed by atoms with Crippen molar-refractivity contribution in [2.24, 2.45) is 12.0 Å². The Kier molecular flexibility index (Phi) is 2.41. The van der Waals surface area contributed by atoms with E-state index in [9.17, 15) is 4.39 Å². The molecule has 14 heavy (non-hydrogen) atoms. The van der Waals surface area contributed by atoms with Gasteiger partial charge in [0.1, 0.15) is 11.3 Å². The van der Waals surface area contributed by atoms with Crippen molar-refractivity contribution in [3.8, 4) is 0 Å². The average molecular weight is 209 g/mol. The first kappa shape index (κ1) is 9.08. The Bertz CT molecular complexity index is 483. The highest BCUT2D eigenvalue weighted by Crippen LogP contribution is 2.10. The summed E-state index contributed by atoms with van der Waals surface area (Å²) in [6.07, 6.45) is 0. The standard InChI is InChI=1S/C9H8FN3S/c1-13-9(14-6-11-13)12-8-4-2-7(10)3-5-8/h2-6H,1H3. The van der Waals surface area contributed by atoms with E-state index in [2.05, 4.69) is 10.1 Å². The van der Waals surface area contributed by atoms with Crippen molar-refractivity contribution in [1.29, 1.82) is 0 Å². The zero-order chi connectivity index (χ0) is 9.97. The third kappa shape index (κ3) is 1.88. The number of rotatable bonds is 1. The van der Waals surface area contributed by atoms with Crippen LogP contribution >= 0.6 is 11.3 Å². The van der Waals surface area contributed by atoms with Crippen molar-refractivity contribution < 1.29 is 4.39 Å². The minimum absolute atomic E-state index is 0.252. The molecular weight excluding hydrogens is 201 g/mol. The molecule has 72 valence electrons. The van der Waals surface area contributed by atoms with Crippen molar-refractivity contribution in [2.45, 2.75) is 0 Å². The van der Waals surface area contributed by atoms with Gasteiger partial charge in [0.15, 0.2) is 0 Å². The van der Waals surface area contributed by atoms with E-state index < -0.39 is 0 Å². The molecule has 0 aliphatic carbocycles. The van der Waals surface area contributed by atoms with Crippen LogP contribution in [0, 0.1) is 5.82 Å². The van der Waals surface area contributed by atoms with E-state index in [0.29, 0.717) is 0 Å². The van der Waals surface area contributed by atoms with E-state index in [1.165, 1.54) is 23.5 Å². The van der Waals surface area contributed by atoms with Gasteiger partial charge in [0, 0.05) is 7.05 Å². The Balaban J connectivity index is 2.44. The summed E-state index contributed by atoms with van der Waals surface area (Å²) < 4.78 is 14.3. The largest absolute Gasteiger partial charge is 0.241 e. The Morgan fingerprint density at radius 3 is 2.64 bits per heavy atom. The first-order valence-electron chi connectivity index (χ1n) is 4.03. The summed E-state index contributed by atoms with van der Waals surface area (Å²) >= 11 is 1.44. The highest BCUT2D eigenvalue weighted by molar-refractivity contribution is 7.06. The molecule has 0 N–H and O–H groups in total. The molecule has 0 radical (unpaired) electrons. The molecule has 2 aromatic rings. The van der Waals surface area contributed by atoms with Crippen molar-refractivity contribution in [3.05, 3.63) is 40.4 Å². The van der Waals surface area contributed by atoms with Gasteiger partial charge in [0.05, 0.1) is 5.69 Å². The fourth-order valence-electron chi connectivity index (χ4n) is 0.992. The van der Waals surface area contributed by atoms with Gasteiger partial charge in [-0.2, -0.15) is 5.10 Å². The van der Waals surface area contributed by atoms with Crippen LogP contribution in [0.4, 0.5) is 10.1 Å².